The minimum atomic E-state index is 0.0278. The lowest BCUT2D eigenvalue weighted by Crippen LogP contribution is -2.04. The first kappa shape index (κ1) is 10.2. The van der Waals surface area contributed by atoms with Gasteiger partial charge in [-0.2, -0.15) is 0 Å². The second-order valence-corrected chi connectivity index (χ2v) is 4.79. The number of rotatable bonds is 1. The molecule has 1 saturated carbocycles. The van der Waals surface area contributed by atoms with E-state index in [0.717, 1.165) is 22.9 Å². The van der Waals surface area contributed by atoms with Gasteiger partial charge in [0.1, 0.15) is 5.78 Å². The van der Waals surface area contributed by atoms with Gasteiger partial charge in [-0.1, -0.05) is 23.7 Å². The summed E-state index contributed by atoms with van der Waals surface area (Å²) in [7, 11) is 0. The summed E-state index contributed by atoms with van der Waals surface area (Å²) in [6.07, 6.45) is 2.63. The van der Waals surface area contributed by atoms with Crippen LogP contribution in [-0.2, 0) is 4.79 Å². The molecule has 1 aromatic rings. The number of hydrogen-bond acceptors (Lipinski definition) is 1. The van der Waals surface area contributed by atoms with Gasteiger partial charge in [0.15, 0.2) is 0 Å². The second kappa shape index (κ2) is 4.03. The lowest BCUT2D eigenvalue weighted by Gasteiger charge is -2.11. The number of ketones is 1. The highest BCUT2D eigenvalue weighted by Gasteiger charge is 2.27. The number of halogens is 2. The Hall–Kier alpha value is -0.340. The molecule has 1 aromatic carbocycles. The van der Waals surface area contributed by atoms with Crippen molar-refractivity contribution in [2.75, 3.05) is 0 Å². The molecule has 0 amide bonds. The maximum absolute atomic E-state index is 11.6. The molecule has 0 bridgehead atoms. The minimum absolute atomic E-state index is 0.0278. The summed E-state index contributed by atoms with van der Waals surface area (Å²) in [6.45, 7) is 0. The molecule has 14 heavy (non-hydrogen) atoms. The zero-order valence-corrected chi connectivity index (χ0v) is 9.94. The van der Waals surface area contributed by atoms with E-state index >= 15 is 0 Å². The normalized spacial score (nSPS) is 21.6. The molecule has 0 aliphatic heterocycles. The third-order valence-electron chi connectivity index (χ3n) is 2.66. The van der Waals surface area contributed by atoms with Crippen molar-refractivity contribution < 1.29 is 4.79 Å². The van der Waals surface area contributed by atoms with Crippen LogP contribution in [0, 0.1) is 0 Å². The van der Waals surface area contributed by atoms with E-state index in [1.54, 1.807) is 0 Å². The predicted octanol–water partition coefficient (Wildman–Crippen LogP) is 3.94. The third-order valence-corrected chi connectivity index (χ3v) is 3.97. The Bertz CT molecular complexity index is 376. The van der Waals surface area contributed by atoms with Crippen molar-refractivity contribution in [2.24, 2.45) is 0 Å². The van der Waals surface area contributed by atoms with Crippen LogP contribution in [0.5, 0.6) is 0 Å². The van der Waals surface area contributed by atoms with Crippen molar-refractivity contribution in [1.29, 1.82) is 0 Å². The second-order valence-electron chi connectivity index (χ2n) is 3.55. The van der Waals surface area contributed by atoms with Crippen LogP contribution in [0.3, 0.4) is 0 Å². The molecule has 1 fully saturated rings. The predicted molar refractivity (Wildman–Crippen MR) is 60.8 cm³/mol. The van der Waals surface area contributed by atoms with E-state index in [1.807, 2.05) is 18.2 Å². The highest BCUT2D eigenvalue weighted by Crippen LogP contribution is 2.37. The molecule has 3 heteroatoms. The molecule has 1 aliphatic rings. The quantitative estimate of drug-likeness (QED) is 0.757. The van der Waals surface area contributed by atoms with Crippen molar-refractivity contribution in [3.05, 3.63) is 33.3 Å². The Kier molecular flexibility index (Phi) is 2.93. The Labute approximate surface area is 96.6 Å². The van der Waals surface area contributed by atoms with Gasteiger partial charge in [-0.15, -0.1) is 0 Å². The fourth-order valence-corrected chi connectivity index (χ4v) is 2.57. The first-order chi connectivity index (χ1) is 6.70. The number of carbonyl (C=O) groups excluding carboxylic acids is 1. The highest BCUT2D eigenvalue weighted by molar-refractivity contribution is 9.10. The molecule has 0 saturated heterocycles. The Balaban J connectivity index is 2.41. The van der Waals surface area contributed by atoms with E-state index in [0.29, 0.717) is 17.2 Å². The summed E-state index contributed by atoms with van der Waals surface area (Å²) < 4.78 is 0.872. The van der Waals surface area contributed by atoms with E-state index in [2.05, 4.69) is 15.9 Å². The number of benzene rings is 1. The van der Waals surface area contributed by atoms with Gasteiger partial charge in [0.05, 0.1) is 5.02 Å². The lowest BCUT2D eigenvalue weighted by atomic mass is 9.97. The van der Waals surface area contributed by atoms with Crippen molar-refractivity contribution in [3.8, 4) is 0 Å². The van der Waals surface area contributed by atoms with E-state index in [1.165, 1.54) is 0 Å². The van der Waals surface area contributed by atoms with Crippen LogP contribution in [0.1, 0.15) is 30.7 Å². The molecule has 1 nitrogen and oxygen atoms in total. The average Bonchev–Trinajstić information content (AvgIpc) is 2.57. The first-order valence-electron chi connectivity index (χ1n) is 4.67. The van der Waals surface area contributed by atoms with Crippen molar-refractivity contribution in [3.63, 3.8) is 0 Å². The van der Waals surface area contributed by atoms with Crippen LogP contribution < -0.4 is 0 Å². The van der Waals surface area contributed by atoms with Gasteiger partial charge in [-0.3, -0.25) is 4.79 Å². The van der Waals surface area contributed by atoms with Crippen molar-refractivity contribution >= 4 is 33.3 Å². The maximum Gasteiger partial charge on any atom is 0.140 e. The Morgan fingerprint density at radius 3 is 2.86 bits per heavy atom. The van der Waals surface area contributed by atoms with Crippen molar-refractivity contribution in [1.82, 2.24) is 0 Å². The van der Waals surface area contributed by atoms with Crippen LogP contribution in [-0.4, -0.2) is 5.78 Å². The number of hydrogen-bond donors (Lipinski definition) is 0. The zero-order valence-electron chi connectivity index (χ0n) is 7.59. The van der Waals surface area contributed by atoms with Gasteiger partial charge >= 0.3 is 0 Å². The van der Waals surface area contributed by atoms with Crippen LogP contribution in [0.15, 0.2) is 22.7 Å². The van der Waals surface area contributed by atoms with Gasteiger partial charge in [0.25, 0.3) is 0 Å². The van der Waals surface area contributed by atoms with Gasteiger partial charge in [-0.05, 0) is 40.4 Å². The fraction of sp³-hybridized carbons (Fsp3) is 0.364. The molecule has 74 valence electrons. The topological polar surface area (TPSA) is 17.1 Å². The first-order valence-corrected chi connectivity index (χ1v) is 5.84. The van der Waals surface area contributed by atoms with Gasteiger partial charge in [0.2, 0.25) is 0 Å². The van der Waals surface area contributed by atoms with Crippen molar-refractivity contribution in [2.45, 2.75) is 25.2 Å². The molecule has 1 aliphatic carbocycles. The highest BCUT2D eigenvalue weighted by atomic mass is 79.9. The van der Waals surface area contributed by atoms with Gasteiger partial charge < -0.3 is 0 Å². The summed E-state index contributed by atoms with van der Waals surface area (Å²) in [5, 5.41) is 0.688. The summed E-state index contributed by atoms with van der Waals surface area (Å²) in [6, 6.07) is 5.77. The minimum Gasteiger partial charge on any atom is -0.299 e. The van der Waals surface area contributed by atoms with Gasteiger partial charge in [0, 0.05) is 16.8 Å². The SMILES string of the molecule is O=C1CCCC1c1cccc(Br)c1Cl. The molecule has 1 atom stereocenters. The van der Waals surface area contributed by atoms with E-state index in [9.17, 15) is 4.79 Å². The Morgan fingerprint density at radius 1 is 1.43 bits per heavy atom. The number of carbonyl (C=O) groups is 1. The lowest BCUT2D eigenvalue weighted by molar-refractivity contribution is -0.118. The largest absolute Gasteiger partial charge is 0.299 e. The number of Topliss-reactive ketones (excluding diaryl/α,β-unsaturated/α-hetero) is 1. The molecule has 2 rings (SSSR count). The smallest absolute Gasteiger partial charge is 0.140 e. The van der Waals surface area contributed by atoms with E-state index in [4.69, 9.17) is 11.6 Å². The molecular formula is C11H10BrClO. The summed E-state index contributed by atoms with van der Waals surface area (Å²) in [5.41, 5.74) is 0.976. The monoisotopic (exact) mass is 272 g/mol. The maximum atomic E-state index is 11.6. The summed E-state index contributed by atoms with van der Waals surface area (Å²) in [4.78, 5) is 11.6. The van der Waals surface area contributed by atoms with Gasteiger partial charge in [-0.25, -0.2) is 0 Å². The molecule has 1 unspecified atom stereocenters. The average molecular weight is 274 g/mol. The standard InChI is InChI=1S/C11H10BrClO/c12-9-5-1-4-8(11(9)13)7-3-2-6-10(7)14/h1,4-5,7H,2-3,6H2. The third kappa shape index (κ3) is 1.73. The fourth-order valence-electron chi connectivity index (χ4n) is 1.93. The molecule has 0 N–H and O–H groups in total. The Morgan fingerprint density at radius 2 is 2.21 bits per heavy atom. The van der Waals surface area contributed by atoms with Crippen LogP contribution in [0.2, 0.25) is 5.02 Å². The van der Waals surface area contributed by atoms with Crippen LogP contribution in [0.25, 0.3) is 0 Å². The zero-order chi connectivity index (χ0) is 10.1. The molecular weight excluding hydrogens is 263 g/mol. The molecule has 0 aromatic heterocycles. The van der Waals surface area contributed by atoms with E-state index < -0.39 is 0 Å². The summed E-state index contributed by atoms with van der Waals surface area (Å²) >= 11 is 9.51. The van der Waals surface area contributed by atoms with E-state index in [-0.39, 0.29) is 5.92 Å². The van der Waals surface area contributed by atoms with Crippen LogP contribution >= 0.6 is 27.5 Å². The van der Waals surface area contributed by atoms with Crippen LogP contribution in [0.4, 0.5) is 0 Å². The molecule has 0 heterocycles. The summed E-state index contributed by atoms with van der Waals surface area (Å²) in [5.74, 6) is 0.352. The molecule has 0 radical (unpaired) electrons. The molecule has 0 spiro atoms.